The highest BCUT2D eigenvalue weighted by molar-refractivity contribution is 7.09. The van der Waals surface area contributed by atoms with Gasteiger partial charge in [0.15, 0.2) is 0 Å². The van der Waals surface area contributed by atoms with E-state index in [9.17, 15) is 4.79 Å². The predicted octanol–water partition coefficient (Wildman–Crippen LogP) is 3.46. The van der Waals surface area contributed by atoms with Crippen LogP contribution in [0.25, 0.3) is 0 Å². The lowest BCUT2D eigenvalue weighted by atomic mass is 10.1. The lowest BCUT2D eigenvalue weighted by Crippen LogP contribution is -2.07. The van der Waals surface area contributed by atoms with Crippen LogP contribution >= 0.6 is 11.3 Å². The molecule has 106 valence electrons. The summed E-state index contributed by atoms with van der Waals surface area (Å²) in [6.45, 7) is 6.43. The standard InChI is InChI=1S/C16H19NO2S/c1-4-19-16(18)9-14-10-20-15(17-14)8-13-6-11(2)5-12(3)7-13/h5-7,10H,4,8-9H2,1-3H3. The number of esters is 1. The Morgan fingerprint density at radius 3 is 2.60 bits per heavy atom. The smallest absolute Gasteiger partial charge is 0.311 e. The van der Waals surface area contributed by atoms with Gasteiger partial charge in [-0.05, 0) is 26.3 Å². The van der Waals surface area contributed by atoms with Gasteiger partial charge in [0, 0.05) is 11.8 Å². The number of carbonyl (C=O) groups is 1. The van der Waals surface area contributed by atoms with E-state index in [1.807, 2.05) is 12.3 Å². The van der Waals surface area contributed by atoms with Crippen LogP contribution in [-0.2, 0) is 22.4 Å². The zero-order valence-electron chi connectivity index (χ0n) is 12.1. The summed E-state index contributed by atoms with van der Waals surface area (Å²) in [7, 11) is 0. The quantitative estimate of drug-likeness (QED) is 0.791. The fourth-order valence-electron chi connectivity index (χ4n) is 2.22. The molecule has 1 aromatic carbocycles. The molecule has 0 fully saturated rings. The van der Waals surface area contributed by atoms with Gasteiger partial charge in [0.05, 0.1) is 23.7 Å². The molecular formula is C16H19NO2S. The lowest BCUT2D eigenvalue weighted by Gasteiger charge is -2.03. The van der Waals surface area contributed by atoms with Crippen LogP contribution in [0.1, 0.15) is 34.3 Å². The number of aryl methyl sites for hydroxylation is 2. The van der Waals surface area contributed by atoms with Crippen molar-refractivity contribution in [2.75, 3.05) is 6.61 Å². The number of hydrogen-bond acceptors (Lipinski definition) is 4. The van der Waals surface area contributed by atoms with Crippen LogP contribution in [0.5, 0.6) is 0 Å². The van der Waals surface area contributed by atoms with Gasteiger partial charge in [-0.25, -0.2) is 4.98 Å². The van der Waals surface area contributed by atoms with E-state index in [4.69, 9.17) is 4.74 Å². The van der Waals surface area contributed by atoms with E-state index in [1.54, 1.807) is 11.3 Å². The molecule has 0 N–H and O–H groups in total. The van der Waals surface area contributed by atoms with Crippen molar-refractivity contribution in [2.45, 2.75) is 33.6 Å². The molecule has 0 saturated carbocycles. The Hall–Kier alpha value is -1.68. The third kappa shape index (κ3) is 4.17. The molecule has 0 saturated heterocycles. The van der Waals surface area contributed by atoms with Crippen molar-refractivity contribution in [3.05, 3.63) is 51.0 Å². The van der Waals surface area contributed by atoms with E-state index in [2.05, 4.69) is 37.0 Å². The van der Waals surface area contributed by atoms with Crippen molar-refractivity contribution in [3.8, 4) is 0 Å². The normalized spacial score (nSPS) is 10.6. The highest BCUT2D eigenvalue weighted by Gasteiger charge is 2.09. The zero-order chi connectivity index (χ0) is 14.5. The van der Waals surface area contributed by atoms with Gasteiger partial charge < -0.3 is 4.74 Å². The predicted molar refractivity (Wildman–Crippen MR) is 81.2 cm³/mol. The first kappa shape index (κ1) is 14.7. The summed E-state index contributed by atoms with van der Waals surface area (Å²) in [5, 5.41) is 2.98. The molecule has 2 rings (SSSR count). The maximum Gasteiger partial charge on any atom is 0.311 e. The van der Waals surface area contributed by atoms with Gasteiger partial charge in [-0.2, -0.15) is 0 Å². The van der Waals surface area contributed by atoms with Gasteiger partial charge in [-0.3, -0.25) is 4.79 Å². The second-order valence-electron chi connectivity index (χ2n) is 4.89. The van der Waals surface area contributed by atoms with E-state index in [-0.39, 0.29) is 12.4 Å². The molecule has 0 aliphatic rings. The van der Waals surface area contributed by atoms with Crippen LogP contribution in [0.3, 0.4) is 0 Å². The summed E-state index contributed by atoms with van der Waals surface area (Å²) in [6, 6.07) is 6.52. The van der Waals surface area contributed by atoms with E-state index >= 15 is 0 Å². The van der Waals surface area contributed by atoms with E-state index in [1.165, 1.54) is 16.7 Å². The molecule has 4 heteroatoms. The lowest BCUT2D eigenvalue weighted by molar-refractivity contribution is -0.142. The highest BCUT2D eigenvalue weighted by atomic mass is 32.1. The van der Waals surface area contributed by atoms with Crippen molar-refractivity contribution in [2.24, 2.45) is 0 Å². The van der Waals surface area contributed by atoms with Crippen molar-refractivity contribution >= 4 is 17.3 Å². The molecule has 1 aromatic heterocycles. The number of aromatic nitrogens is 1. The largest absolute Gasteiger partial charge is 0.466 e. The van der Waals surface area contributed by atoms with Gasteiger partial charge in [0.1, 0.15) is 0 Å². The van der Waals surface area contributed by atoms with Gasteiger partial charge >= 0.3 is 5.97 Å². The number of rotatable bonds is 5. The molecule has 0 atom stereocenters. The molecule has 3 nitrogen and oxygen atoms in total. The van der Waals surface area contributed by atoms with Crippen LogP contribution in [0.15, 0.2) is 23.6 Å². The molecule has 0 spiro atoms. The molecule has 0 unspecified atom stereocenters. The van der Waals surface area contributed by atoms with Crippen LogP contribution in [0.4, 0.5) is 0 Å². The van der Waals surface area contributed by atoms with Crippen molar-refractivity contribution in [3.63, 3.8) is 0 Å². The highest BCUT2D eigenvalue weighted by Crippen LogP contribution is 2.17. The SMILES string of the molecule is CCOC(=O)Cc1csc(Cc2cc(C)cc(C)c2)n1. The molecule has 20 heavy (non-hydrogen) atoms. The van der Waals surface area contributed by atoms with Crippen molar-refractivity contribution in [1.82, 2.24) is 4.98 Å². The van der Waals surface area contributed by atoms with Gasteiger partial charge in [-0.15, -0.1) is 11.3 Å². The Labute approximate surface area is 123 Å². The number of carbonyl (C=O) groups excluding carboxylic acids is 1. The number of thiazole rings is 1. The Kier molecular flexibility index (Phi) is 4.90. The molecule has 1 heterocycles. The minimum Gasteiger partial charge on any atom is -0.466 e. The summed E-state index contributed by atoms with van der Waals surface area (Å²) in [5.74, 6) is -0.212. The second kappa shape index (κ2) is 6.66. The van der Waals surface area contributed by atoms with Crippen molar-refractivity contribution < 1.29 is 9.53 Å². The van der Waals surface area contributed by atoms with Gasteiger partial charge in [0.25, 0.3) is 0 Å². The Bertz CT molecular complexity index is 584. The van der Waals surface area contributed by atoms with Crippen LogP contribution in [0.2, 0.25) is 0 Å². The molecule has 0 aliphatic heterocycles. The van der Waals surface area contributed by atoms with Crippen LogP contribution in [-0.4, -0.2) is 17.6 Å². The fraction of sp³-hybridized carbons (Fsp3) is 0.375. The minimum atomic E-state index is -0.212. The summed E-state index contributed by atoms with van der Waals surface area (Å²) in [6.07, 6.45) is 1.08. The molecule has 0 aliphatic carbocycles. The molecular weight excluding hydrogens is 270 g/mol. The Morgan fingerprint density at radius 1 is 1.25 bits per heavy atom. The second-order valence-corrected chi connectivity index (χ2v) is 5.83. The van der Waals surface area contributed by atoms with E-state index in [0.29, 0.717) is 6.61 Å². The monoisotopic (exact) mass is 289 g/mol. The molecule has 0 amide bonds. The first-order chi connectivity index (χ1) is 9.56. The van der Waals surface area contributed by atoms with Gasteiger partial charge in [-0.1, -0.05) is 29.3 Å². The van der Waals surface area contributed by atoms with Crippen LogP contribution < -0.4 is 0 Å². The number of hydrogen-bond donors (Lipinski definition) is 0. The topological polar surface area (TPSA) is 39.2 Å². The van der Waals surface area contributed by atoms with E-state index in [0.717, 1.165) is 17.1 Å². The maximum absolute atomic E-state index is 11.4. The number of ether oxygens (including phenoxy) is 1. The first-order valence-corrected chi connectivity index (χ1v) is 7.61. The summed E-state index contributed by atoms with van der Waals surface area (Å²) in [4.78, 5) is 15.9. The number of nitrogens with zero attached hydrogens (tertiary/aromatic N) is 1. The summed E-state index contributed by atoms with van der Waals surface area (Å²) < 4.78 is 4.93. The minimum absolute atomic E-state index is 0.212. The third-order valence-electron chi connectivity index (χ3n) is 2.87. The molecule has 2 aromatic rings. The van der Waals surface area contributed by atoms with Gasteiger partial charge in [0.2, 0.25) is 0 Å². The average Bonchev–Trinajstić information content (AvgIpc) is 2.75. The fourth-order valence-corrected chi connectivity index (χ4v) is 3.04. The first-order valence-electron chi connectivity index (χ1n) is 6.73. The molecule has 0 bridgehead atoms. The zero-order valence-corrected chi connectivity index (χ0v) is 12.9. The maximum atomic E-state index is 11.4. The van der Waals surface area contributed by atoms with E-state index < -0.39 is 0 Å². The molecule has 0 radical (unpaired) electrons. The number of benzene rings is 1. The average molecular weight is 289 g/mol. The third-order valence-corrected chi connectivity index (χ3v) is 3.76. The summed E-state index contributed by atoms with van der Waals surface area (Å²) >= 11 is 1.60. The Balaban J connectivity index is 2.03. The van der Waals surface area contributed by atoms with Crippen molar-refractivity contribution in [1.29, 1.82) is 0 Å². The van der Waals surface area contributed by atoms with Crippen LogP contribution in [0, 0.1) is 13.8 Å². The Morgan fingerprint density at radius 2 is 1.95 bits per heavy atom. The summed E-state index contributed by atoms with van der Waals surface area (Å²) in [5.41, 5.74) is 4.60.